The highest BCUT2D eigenvalue weighted by molar-refractivity contribution is 5.83. The van der Waals surface area contributed by atoms with E-state index in [1.807, 2.05) is 60.7 Å². The summed E-state index contributed by atoms with van der Waals surface area (Å²) in [7, 11) is 0. The number of carbonyl (C=O) groups excluding carboxylic acids is 1. The molecule has 0 saturated carbocycles. The summed E-state index contributed by atoms with van der Waals surface area (Å²) in [6.45, 7) is 1.17. The summed E-state index contributed by atoms with van der Waals surface area (Å²) in [5.74, 6) is 0.411. The third kappa shape index (κ3) is 4.61. The zero-order valence-electron chi connectivity index (χ0n) is 11.9. The number of nitrogens with one attached hydrogen (secondary N) is 1. The number of hydrogen-bond acceptors (Lipinski definition) is 3. The van der Waals surface area contributed by atoms with Gasteiger partial charge in [0.15, 0.2) is 0 Å². The Kier molecular flexibility index (Phi) is 5.79. The van der Waals surface area contributed by atoms with Crippen LogP contribution < -0.4 is 15.8 Å². The maximum absolute atomic E-state index is 12.1. The van der Waals surface area contributed by atoms with Crippen molar-refractivity contribution >= 4 is 5.91 Å². The molecule has 21 heavy (non-hydrogen) atoms. The molecule has 0 spiro atoms. The van der Waals surface area contributed by atoms with Crippen LogP contribution in [0.15, 0.2) is 60.7 Å². The highest BCUT2D eigenvalue weighted by Gasteiger charge is 2.17. The van der Waals surface area contributed by atoms with Crippen LogP contribution in [0.5, 0.6) is 5.75 Å². The van der Waals surface area contributed by atoms with E-state index in [1.165, 1.54) is 0 Å². The molecule has 0 aromatic heterocycles. The average Bonchev–Trinajstić information content (AvgIpc) is 2.54. The van der Waals surface area contributed by atoms with E-state index < -0.39 is 0 Å². The van der Waals surface area contributed by atoms with Crippen LogP contribution in [0.1, 0.15) is 11.5 Å². The first-order valence-corrected chi connectivity index (χ1v) is 7.02. The summed E-state index contributed by atoms with van der Waals surface area (Å²) >= 11 is 0. The normalized spacial score (nSPS) is 11.7. The summed E-state index contributed by atoms with van der Waals surface area (Å²) in [6.07, 6.45) is 0. The van der Waals surface area contributed by atoms with Crippen molar-refractivity contribution in [2.24, 2.45) is 5.73 Å². The van der Waals surface area contributed by atoms with E-state index in [9.17, 15) is 4.79 Å². The molecule has 2 aromatic rings. The number of ether oxygens (including phenoxy) is 1. The molecule has 1 unspecified atom stereocenters. The highest BCUT2D eigenvalue weighted by atomic mass is 16.5. The largest absolute Gasteiger partial charge is 0.492 e. The van der Waals surface area contributed by atoms with Crippen molar-refractivity contribution in [3.05, 3.63) is 66.2 Å². The number of rotatable bonds is 7. The fourth-order valence-corrected chi connectivity index (χ4v) is 2.06. The molecule has 110 valence electrons. The molecule has 2 rings (SSSR count). The second-order valence-corrected chi connectivity index (χ2v) is 4.65. The Morgan fingerprint density at radius 3 is 2.29 bits per heavy atom. The van der Waals surface area contributed by atoms with Gasteiger partial charge in [0, 0.05) is 6.54 Å². The third-order valence-electron chi connectivity index (χ3n) is 3.17. The van der Waals surface area contributed by atoms with Gasteiger partial charge in [0.25, 0.3) is 0 Å². The topological polar surface area (TPSA) is 64.4 Å². The lowest BCUT2D eigenvalue weighted by atomic mass is 9.98. The van der Waals surface area contributed by atoms with E-state index in [0.29, 0.717) is 13.2 Å². The Morgan fingerprint density at radius 2 is 1.67 bits per heavy atom. The molecule has 3 N–H and O–H groups in total. The van der Waals surface area contributed by atoms with Gasteiger partial charge in [0.05, 0.1) is 12.5 Å². The van der Waals surface area contributed by atoms with E-state index >= 15 is 0 Å². The van der Waals surface area contributed by atoms with E-state index in [2.05, 4.69) is 5.32 Å². The van der Waals surface area contributed by atoms with Crippen LogP contribution in [0.4, 0.5) is 0 Å². The van der Waals surface area contributed by atoms with Crippen molar-refractivity contribution in [3.8, 4) is 5.75 Å². The zero-order chi connectivity index (χ0) is 14.9. The number of hydrogen-bond donors (Lipinski definition) is 2. The molecule has 0 heterocycles. The Morgan fingerprint density at radius 1 is 1.05 bits per heavy atom. The van der Waals surface area contributed by atoms with Crippen LogP contribution in [0.3, 0.4) is 0 Å². The van der Waals surface area contributed by atoms with E-state index in [-0.39, 0.29) is 18.4 Å². The van der Waals surface area contributed by atoms with Gasteiger partial charge >= 0.3 is 0 Å². The molecule has 1 amide bonds. The summed E-state index contributed by atoms with van der Waals surface area (Å²) < 4.78 is 5.53. The quantitative estimate of drug-likeness (QED) is 0.764. The second-order valence-electron chi connectivity index (χ2n) is 4.65. The van der Waals surface area contributed by atoms with Gasteiger partial charge in [-0.05, 0) is 17.7 Å². The fraction of sp³-hybridized carbons (Fsp3) is 0.235. The average molecular weight is 284 g/mol. The van der Waals surface area contributed by atoms with Crippen LogP contribution in [0.2, 0.25) is 0 Å². The lowest BCUT2D eigenvalue weighted by molar-refractivity contribution is -0.122. The molecule has 0 aliphatic heterocycles. The van der Waals surface area contributed by atoms with Crippen molar-refractivity contribution in [3.63, 3.8) is 0 Å². The first-order chi connectivity index (χ1) is 10.3. The maximum Gasteiger partial charge on any atom is 0.228 e. The Labute approximate surface area is 124 Å². The minimum atomic E-state index is -0.317. The van der Waals surface area contributed by atoms with Crippen molar-refractivity contribution in [1.82, 2.24) is 5.32 Å². The number of nitrogens with two attached hydrogens (primary N) is 1. The Hall–Kier alpha value is -2.33. The third-order valence-corrected chi connectivity index (χ3v) is 3.17. The van der Waals surface area contributed by atoms with Crippen LogP contribution in [-0.4, -0.2) is 25.6 Å². The van der Waals surface area contributed by atoms with Gasteiger partial charge in [0.2, 0.25) is 5.91 Å². The standard InChI is InChI=1S/C17H20N2O2/c18-13-16(14-7-3-1-4-8-14)17(20)19-11-12-21-15-9-5-2-6-10-15/h1-10,16H,11-13,18H2,(H,19,20). The van der Waals surface area contributed by atoms with Crippen molar-refractivity contribution in [2.75, 3.05) is 19.7 Å². The van der Waals surface area contributed by atoms with Crippen LogP contribution in [-0.2, 0) is 4.79 Å². The summed E-state index contributed by atoms with van der Waals surface area (Å²) in [6, 6.07) is 19.1. The van der Waals surface area contributed by atoms with Gasteiger partial charge in [0.1, 0.15) is 12.4 Å². The maximum atomic E-state index is 12.1. The van der Waals surface area contributed by atoms with Crippen LogP contribution in [0.25, 0.3) is 0 Å². The lowest BCUT2D eigenvalue weighted by Gasteiger charge is -2.15. The summed E-state index contributed by atoms with van der Waals surface area (Å²) in [4.78, 5) is 12.1. The molecule has 2 aromatic carbocycles. The molecular weight excluding hydrogens is 264 g/mol. The Balaban J connectivity index is 1.78. The zero-order valence-corrected chi connectivity index (χ0v) is 11.9. The predicted octanol–water partition coefficient (Wildman–Crippen LogP) is 1.92. The van der Waals surface area contributed by atoms with Crippen LogP contribution in [0, 0.1) is 0 Å². The molecule has 4 heteroatoms. The van der Waals surface area contributed by atoms with Gasteiger partial charge in [-0.15, -0.1) is 0 Å². The molecule has 0 radical (unpaired) electrons. The lowest BCUT2D eigenvalue weighted by Crippen LogP contribution is -2.35. The minimum Gasteiger partial charge on any atom is -0.492 e. The first-order valence-electron chi connectivity index (χ1n) is 7.02. The fourth-order valence-electron chi connectivity index (χ4n) is 2.06. The van der Waals surface area contributed by atoms with E-state index in [4.69, 9.17) is 10.5 Å². The molecule has 1 atom stereocenters. The Bertz CT molecular complexity index is 543. The second kappa shape index (κ2) is 8.07. The molecule has 0 fully saturated rings. The number of benzene rings is 2. The molecular formula is C17H20N2O2. The van der Waals surface area contributed by atoms with Gasteiger partial charge in [-0.25, -0.2) is 0 Å². The first kappa shape index (κ1) is 15.1. The number of carbonyl (C=O) groups is 1. The van der Waals surface area contributed by atoms with Crippen molar-refractivity contribution in [1.29, 1.82) is 0 Å². The molecule has 0 aliphatic carbocycles. The smallest absolute Gasteiger partial charge is 0.228 e. The number of para-hydroxylation sites is 1. The monoisotopic (exact) mass is 284 g/mol. The summed E-state index contributed by atoms with van der Waals surface area (Å²) in [5.41, 5.74) is 6.64. The van der Waals surface area contributed by atoms with E-state index in [0.717, 1.165) is 11.3 Å². The van der Waals surface area contributed by atoms with Crippen LogP contribution >= 0.6 is 0 Å². The number of amides is 1. The molecule has 0 saturated heterocycles. The van der Waals surface area contributed by atoms with Gasteiger partial charge in [-0.1, -0.05) is 48.5 Å². The highest BCUT2D eigenvalue weighted by Crippen LogP contribution is 2.14. The predicted molar refractivity (Wildman–Crippen MR) is 83.2 cm³/mol. The molecule has 0 bridgehead atoms. The molecule has 0 aliphatic rings. The molecule has 4 nitrogen and oxygen atoms in total. The van der Waals surface area contributed by atoms with E-state index in [1.54, 1.807) is 0 Å². The summed E-state index contributed by atoms with van der Waals surface area (Å²) in [5, 5.41) is 2.86. The van der Waals surface area contributed by atoms with Gasteiger partial charge in [-0.2, -0.15) is 0 Å². The SMILES string of the molecule is NCC(C(=O)NCCOc1ccccc1)c1ccccc1. The van der Waals surface area contributed by atoms with Crippen molar-refractivity contribution < 1.29 is 9.53 Å². The minimum absolute atomic E-state index is 0.0691. The van der Waals surface area contributed by atoms with Gasteiger partial charge < -0.3 is 15.8 Å². The van der Waals surface area contributed by atoms with Gasteiger partial charge in [-0.3, -0.25) is 4.79 Å². The van der Waals surface area contributed by atoms with Crippen molar-refractivity contribution in [2.45, 2.75) is 5.92 Å².